The minimum absolute atomic E-state index is 0.782. The molecule has 0 atom stereocenters. The molecule has 78 valence electrons. The van der Waals surface area contributed by atoms with Crippen LogP contribution in [0, 0.1) is 0 Å². The molecular formula is C10H12N4S. The van der Waals surface area contributed by atoms with Gasteiger partial charge in [0.1, 0.15) is 12.2 Å². The number of aromatic nitrogens is 3. The summed E-state index contributed by atoms with van der Waals surface area (Å²) in [5.41, 5.74) is 6.64. The van der Waals surface area contributed by atoms with E-state index in [1.54, 1.807) is 18.1 Å². The lowest BCUT2D eigenvalue weighted by Crippen LogP contribution is -1.95. The number of thioether (sulfide) groups is 1. The molecule has 0 radical (unpaired) electrons. The first-order chi connectivity index (χ1) is 7.27. The standard InChI is InChI=1S/C10H12N4S/c1-14-7-12-13-10(14)6-15-9-5-3-2-4-8(9)11/h2-5,7H,6,11H2,1H3. The fraction of sp³-hybridized carbons (Fsp3) is 0.200. The largest absolute Gasteiger partial charge is 0.398 e. The molecule has 2 aromatic rings. The van der Waals surface area contributed by atoms with Gasteiger partial charge in [-0.05, 0) is 12.1 Å². The van der Waals surface area contributed by atoms with Crippen LogP contribution in [-0.4, -0.2) is 14.8 Å². The monoisotopic (exact) mass is 220 g/mol. The van der Waals surface area contributed by atoms with E-state index in [9.17, 15) is 0 Å². The van der Waals surface area contributed by atoms with Gasteiger partial charge < -0.3 is 10.3 Å². The second kappa shape index (κ2) is 4.35. The van der Waals surface area contributed by atoms with Crippen LogP contribution in [0.2, 0.25) is 0 Å². The van der Waals surface area contributed by atoms with Gasteiger partial charge in [0, 0.05) is 17.6 Å². The molecule has 0 aliphatic rings. The summed E-state index contributed by atoms with van der Waals surface area (Å²) in [6.45, 7) is 0. The Kier molecular flexibility index (Phi) is 2.91. The summed E-state index contributed by atoms with van der Waals surface area (Å²) < 4.78 is 1.91. The Balaban J connectivity index is 2.06. The molecule has 0 aliphatic carbocycles. The van der Waals surface area contributed by atoms with Crippen molar-refractivity contribution in [1.82, 2.24) is 14.8 Å². The number of hydrogen-bond donors (Lipinski definition) is 1. The highest BCUT2D eigenvalue weighted by Crippen LogP contribution is 2.26. The van der Waals surface area contributed by atoms with Gasteiger partial charge >= 0.3 is 0 Å². The molecule has 0 bridgehead atoms. The van der Waals surface area contributed by atoms with Crippen LogP contribution in [0.4, 0.5) is 5.69 Å². The first-order valence-electron chi connectivity index (χ1n) is 4.57. The molecule has 4 nitrogen and oxygen atoms in total. The molecule has 1 aromatic heterocycles. The average molecular weight is 220 g/mol. The van der Waals surface area contributed by atoms with E-state index in [4.69, 9.17) is 5.73 Å². The van der Waals surface area contributed by atoms with Crippen LogP contribution in [-0.2, 0) is 12.8 Å². The number of aryl methyl sites for hydroxylation is 1. The van der Waals surface area contributed by atoms with Crippen LogP contribution < -0.4 is 5.73 Å². The molecule has 0 saturated carbocycles. The van der Waals surface area contributed by atoms with Crippen molar-refractivity contribution in [3.8, 4) is 0 Å². The summed E-state index contributed by atoms with van der Waals surface area (Å²) in [4.78, 5) is 1.08. The van der Waals surface area contributed by atoms with Gasteiger partial charge in [0.2, 0.25) is 0 Å². The van der Waals surface area contributed by atoms with Crippen LogP contribution in [0.15, 0.2) is 35.5 Å². The number of anilines is 1. The Bertz CT molecular complexity index is 452. The van der Waals surface area contributed by atoms with Crippen molar-refractivity contribution in [3.63, 3.8) is 0 Å². The minimum atomic E-state index is 0.782. The number of para-hydroxylation sites is 1. The lowest BCUT2D eigenvalue weighted by Gasteiger charge is -2.03. The summed E-state index contributed by atoms with van der Waals surface area (Å²) in [6, 6.07) is 7.83. The molecule has 0 fully saturated rings. The smallest absolute Gasteiger partial charge is 0.142 e. The van der Waals surface area contributed by atoms with Gasteiger partial charge in [-0.1, -0.05) is 12.1 Å². The number of rotatable bonds is 3. The maximum atomic E-state index is 5.83. The zero-order valence-electron chi connectivity index (χ0n) is 8.42. The molecule has 0 saturated heterocycles. The molecule has 0 amide bonds. The maximum absolute atomic E-state index is 5.83. The van der Waals surface area contributed by atoms with Crippen LogP contribution in [0.3, 0.4) is 0 Å². The number of nitrogens with two attached hydrogens (primary N) is 1. The fourth-order valence-electron chi connectivity index (χ4n) is 1.19. The van der Waals surface area contributed by atoms with E-state index in [-0.39, 0.29) is 0 Å². The minimum Gasteiger partial charge on any atom is -0.398 e. The van der Waals surface area contributed by atoms with Crippen molar-refractivity contribution in [2.24, 2.45) is 7.05 Å². The Hall–Kier alpha value is -1.49. The van der Waals surface area contributed by atoms with Gasteiger partial charge in [0.05, 0.1) is 5.75 Å². The van der Waals surface area contributed by atoms with Crippen molar-refractivity contribution in [2.45, 2.75) is 10.6 Å². The first kappa shape index (κ1) is 10.0. The lowest BCUT2D eigenvalue weighted by molar-refractivity contribution is 0.849. The van der Waals surface area contributed by atoms with E-state index in [2.05, 4.69) is 10.2 Å². The van der Waals surface area contributed by atoms with E-state index in [0.717, 1.165) is 22.2 Å². The molecule has 5 heteroatoms. The Labute approximate surface area is 92.5 Å². The summed E-state index contributed by atoms with van der Waals surface area (Å²) in [7, 11) is 1.93. The van der Waals surface area contributed by atoms with Gasteiger partial charge in [-0.25, -0.2) is 0 Å². The van der Waals surface area contributed by atoms with Crippen LogP contribution in [0.5, 0.6) is 0 Å². The Morgan fingerprint density at radius 3 is 2.87 bits per heavy atom. The quantitative estimate of drug-likeness (QED) is 0.631. The maximum Gasteiger partial charge on any atom is 0.142 e. The molecule has 0 spiro atoms. The lowest BCUT2D eigenvalue weighted by atomic mass is 10.3. The van der Waals surface area contributed by atoms with Crippen molar-refractivity contribution >= 4 is 17.4 Å². The third-order valence-electron chi connectivity index (χ3n) is 2.08. The van der Waals surface area contributed by atoms with E-state index >= 15 is 0 Å². The Morgan fingerprint density at radius 2 is 2.20 bits per heavy atom. The zero-order valence-corrected chi connectivity index (χ0v) is 9.24. The third kappa shape index (κ3) is 2.30. The van der Waals surface area contributed by atoms with E-state index in [0.29, 0.717) is 0 Å². The molecule has 0 aliphatic heterocycles. The average Bonchev–Trinajstić information content (AvgIpc) is 2.63. The Morgan fingerprint density at radius 1 is 1.40 bits per heavy atom. The summed E-state index contributed by atoms with van der Waals surface area (Å²) in [6.07, 6.45) is 1.70. The molecule has 1 heterocycles. The van der Waals surface area contributed by atoms with Crippen molar-refractivity contribution in [3.05, 3.63) is 36.4 Å². The second-order valence-corrected chi connectivity index (χ2v) is 4.20. The molecule has 15 heavy (non-hydrogen) atoms. The topological polar surface area (TPSA) is 56.7 Å². The van der Waals surface area contributed by atoms with E-state index in [1.807, 2.05) is 35.9 Å². The molecule has 2 rings (SSSR count). The second-order valence-electron chi connectivity index (χ2n) is 3.18. The van der Waals surface area contributed by atoms with Crippen LogP contribution in [0.1, 0.15) is 5.82 Å². The van der Waals surface area contributed by atoms with Crippen LogP contribution >= 0.6 is 11.8 Å². The van der Waals surface area contributed by atoms with Crippen molar-refractivity contribution in [2.75, 3.05) is 5.73 Å². The van der Waals surface area contributed by atoms with Gasteiger partial charge in [-0.3, -0.25) is 0 Å². The molecule has 1 aromatic carbocycles. The highest BCUT2D eigenvalue weighted by atomic mass is 32.2. The highest BCUT2D eigenvalue weighted by molar-refractivity contribution is 7.98. The first-order valence-corrected chi connectivity index (χ1v) is 5.56. The predicted octanol–water partition coefficient (Wildman–Crippen LogP) is 1.69. The van der Waals surface area contributed by atoms with Gasteiger partial charge in [-0.15, -0.1) is 22.0 Å². The fourth-order valence-corrected chi connectivity index (χ4v) is 2.15. The number of benzene rings is 1. The van der Waals surface area contributed by atoms with Crippen molar-refractivity contribution < 1.29 is 0 Å². The van der Waals surface area contributed by atoms with E-state index in [1.165, 1.54) is 0 Å². The van der Waals surface area contributed by atoms with Crippen LogP contribution in [0.25, 0.3) is 0 Å². The van der Waals surface area contributed by atoms with Gasteiger partial charge in [0.15, 0.2) is 0 Å². The number of nitrogen functional groups attached to an aromatic ring is 1. The third-order valence-corrected chi connectivity index (χ3v) is 3.17. The predicted molar refractivity (Wildman–Crippen MR) is 61.4 cm³/mol. The normalized spacial score (nSPS) is 10.5. The SMILES string of the molecule is Cn1cnnc1CSc1ccccc1N. The molecule has 0 unspecified atom stereocenters. The van der Waals surface area contributed by atoms with E-state index < -0.39 is 0 Å². The van der Waals surface area contributed by atoms with Gasteiger partial charge in [0.25, 0.3) is 0 Å². The number of hydrogen-bond acceptors (Lipinski definition) is 4. The molecule has 2 N–H and O–H groups in total. The summed E-state index contributed by atoms with van der Waals surface area (Å²) in [5.74, 6) is 1.73. The molecular weight excluding hydrogens is 208 g/mol. The van der Waals surface area contributed by atoms with Gasteiger partial charge in [-0.2, -0.15) is 0 Å². The zero-order chi connectivity index (χ0) is 10.7. The highest BCUT2D eigenvalue weighted by Gasteiger charge is 2.03. The van der Waals surface area contributed by atoms with Crippen molar-refractivity contribution in [1.29, 1.82) is 0 Å². The summed E-state index contributed by atoms with van der Waals surface area (Å²) in [5, 5.41) is 7.84. The summed E-state index contributed by atoms with van der Waals surface area (Å²) >= 11 is 1.67. The number of nitrogens with zero attached hydrogens (tertiary/aromatic N) is 3.